The second-order valence-electron chi connectivity index (χ2n) is 4.06. The summed E-state index contributed by atoms with van der Waals surface area (Å²) >= 11 is 0. The molecule has 1 aromatic carbocycles. The van der Waals surface area contributed by atoms with Gasteiger partial charge in [0.2, 0.25) is 0 Å². The smallest absolute Gasteiger partial charge is 0.170 e. The highest BCUT2D eigenvalue weighted by atomic mass is 16.5. The molecule has 3 rings (SSSR count). The van der Waals surface area contributed by atoms with Gasteiger partial charge in [0.15, 0.2) is 6.29 Å². The molecule has 0 N–H and O–H groups in total. The minimum atomic E-state index is 0.498. The number of benzene rings is 1. The van der Waals surface area contributed by atoms with E-state index in [-0.39, 0.29) is 0 Å². The van der Waals surface area contributed by atoms with Gasteiger partial charge in [-0.25, -0.2) is 0 Å². The number of rotatable bonds is 3. The summed E-state index contributed by atoms with van der Waals surface area (Å²) in [7, 11) is 0. The lowest BCUT2D eigenvalue weighted by atomic mass is 10.2. The minimum Gasteiger partial charge on any atom is -0.370 e. The van der Waals surface area contributed by atoms with Gasteiger partial charge >= 0.3 is 0 Å². The predicted octanol–water partition coefficient (Wildman–Crippen LogP) is 1.77. The fourth-order valence-corrected chi connectivity index (χ4v) is 2.10. The Balaban J connectivity index is 1.96. The number of nitrogens with zero attached hydrogens (tertiary/aromatic N) is 2. The summed E-state index contributed by atoms with van der Waals surface area (Å²) in [6.45, 7) is 1.72. The van der Waals surface area contributed by atoms with Crippen LogP contribution in [0.2, 0.25) is 0 Å². The Morgan fingerprint density at radius 1 is 1.29 bits per heavy atom. The van der Waals surface area contributed by atoms with Crippen LogP contribution in [0.5, 0.6) is 0 Å². The minimum absolute atomic E-state index is 0.498. The number of carbonyl (C=O) groups excluding carboxylic acids is 1. The summed E-state index contributed by atoms with van der Waals surface area (Å²) in [5, 5.41) is 4.31. The first-order valence-corrected chi connectivity index (χ1v) is 5.54. The van der Waals surface area contributed by atoms with Gasteiger partial charge < -0.3 is 4.74 Å². The molecule has 0 saturated heterocycles. The van der Waals surface area contributed by atoms with E-state index in [1.54, 1.807) is 0 Å². The first kappa shape index (κ1) is 10.2. The van der Waals surface area contributed by atoms with Gasteiger partial charge in [0.1, 0.15) is 5.69 Å². The zero-order valence-corrected chi connectivity index (χ0v) is 9.30. The highest BCUT2D eigenvalue weighted by molar-refractivity contribution is 5.74. The normalized spacial score (nSPS) is 13.6. The number of carbonyl (C=O) groups is 1. The summed E-state index contributed by atoms with van der Waals surface area (Å²) in [5.74, 6) is 0. The molecule has 0 fully saturated rings. The van der Waals surface area contributed by atoms with E-state index in [2.05, 4.69) is 5.10 Å². The Labute approximate surface area is 98.8 Å². The first-order valence-electron chi connectivity index (χ1n) is 5.54. The number of hydrogen-bond donors (Lipinski definition) is 0. The van der Waals surface area contributed by atoms with Crippen molar-refractivity contribution in [1.82, 2.24) is 9.78 Å². The van der Waals surface area contributed by atoms with Crippen LogP contribution in [0.4, 0.5) is 0 Å². The molecule has 0 spiro atoms. The molecule has 86 valence electrons. The van der Waals surface area contributed by atoms with Crippen LogP contribution in [-0.2, 0) is 24.5 Å². The maximum absolute atomic E-state index is 10.9. The molecule has 0 aliphatic carbocycles. The standard InChI is InChI=1S/C13H12N2O2/c16-7-12-11-8-17-9-13(11)15(14-12)6-10-4-2-1-3-5-10/h1-5,7H,6,8-9H2. The summed E-state index contributed by atoms with van der Waals surface area (Å²) in [4.78, 5) is 10.9. The molecule has 0 radical (unpaired) electrons. The van der Waals surface area contributed by atoms with Gasteiger partial charge in [-0.15, -0.1) is 0 Å². The Morgan fingerprint density at radius 3 is 2.88 bits per heavy atom. The van der Waals surface area contributed by atoms with Crippen LogP contribution in [0.1, 0.15) is 27.3 Å². The van der Waals surface area contributed by atoms with Crippen LogP contribution in [0.25, 0.3) is 0 Å². The number of hydrogen-bond acceptors (Lipinski definition) is 3. The average Bonchev–Trinajstić information content (AvgIpc) is 2.94. The van der Waals surface area contributed by atoms with Crippen LogP contribution < -0.4 is 0 Å². The third-order valence-corrected chi connectivity index (χ3v) is 2.97. The van der Waals surface area contributed by atoms with Crippen molar-refractivity contribution in [3.63, 3.8) is 0 Å². The lowest BCUT2D eigenvalue weighted by Gasteiger charge is -2.04. The van der Waals surface area contributed by atoms with Crippen LogP contribution in [0.3, 0.4) is 0 Å². The summed E-state index contributed by atoms with van der Waals surface area (Å²) < 4.78 is 7.22. The van der Waals surface area contributed by atoms with Crippen molar-refractivity contribution in [2.24, 2.45) is 0 Å². The maximum Gasteiger partial charge on any atom is 0.170 e. The van der Waals surface area contributed by atoms with Crippen molar-refractivity contribution >= 4 is 6.29 Å². The van der Waals surface area contributed by atoms with E-state index in [1.165, 1.54) is 5.56 Å². The molecular formula is C13H12N2O2. The summed E-state index contributed by atoms with van der Waals surface area (Å²) in [6, 6.07) is 10.1. The molecule has 2 aromatic rings. The largest absolute Gasteiger partial charge is 0.370 e. The van der Waals surface area contributed by atoms with Gasteiger partial charge in [-0.05, 0) is 5.56 Å². The third kappa shape index (κ3) is 1.76. The van der Waals surface area contributed by atoms with E-state index in [0.29, 0.717) is 25.5 Å². The van der Waals surface area contributed by atoms with Crippen molar-refractivity contribution in [2.75, 3.05) is 0 Å². The predicted molar refractivity (Wildman–Crippen MR) is 61.7 cm³/mol. The second kappa shape index (κ2) is 4.14. The van der Waals surface area contributed by atoms with Crippen molar-refractivity contribution in [3.8, 4) is 0 Å². The van der Waals surface area contributed by atoms with Crippen molar-refractivity contribution in [2.45, 2.75) is 19.8 Å². The molecule has 1 aliphatic rings. The quantitative estimate of drug-likeness (QED) is 0.752. The van der Waals surface area contributed by atoms with E-state index in [4.69, 9.17) is 4.74 Å². The zero-order valence-electron chi connectivity index (χ0n) is 9.30. The molecule has 4 nitrogen and oxygen atoms in total. The number of fused-ring (bicyclic) bond motifs is 1. The summed E-state index contributed by atoms with van der Waals surface area (Å²) in [6.07, 6.45) is 0.801. The molecule has 2 heterocycles. The molecule has 1 aromatic heterocycles. The molecule has 0 unspecified atom stereocenters. The van der Waals surface area contributed by atoms with E-state index in [1.807, 2.05) is 35.0 Å². The van der Waals surface area contributed by atoms with Crippen molar-refractivity contribution < 1.29 is 9.53 Å². The van der Waals surface area contributed by atoms with Gasteiger partial charge in [0, 0.05) is 5.56 Å². The van der Waals surface area contributed by atoms with E-state index in [9.17, 15) is 4.79 Å². The van der Waals surface area contributed by atoms with Gasteiger partial charge in [-0.2, -0.15) is 5.10 Å². The first-order chi connectivity index (χ1) is 8.38. The Hall–Kier alpha value is -1.94. The van der Waals surface area contributed by atoms with Gasteiger partial charge in [-0.3, -0.25) is 9.48 Å². The Kier molecular flexibility index (Phi) is 2.49. The van der Waals surface area contributed by atoms with Crippen LogP contribution >= 0.6 is 0 Å². The monoisotopic (exact) mass is 228 g/mol. The van der Waals surface area contributed by atoms with Crippen LogP contribution in [0.15, 0.2) is 30.3 Å². The fraction of sp³-hybridized carbons (Fsp3) is 0.231. The van der Waals surface area contributed by atoms with Gasteiger partial charge in [0.05, 0.1) is 25.5 Å². The molecule has 1 aliphatic heterocycles. The molecule has 17 heavy (non-hydrogen) atoms. The molecular weight excluding hydrogens is 216 g/mol. The highest BCUT2D eigenvalue weighted by Crippen LogP contribution is 2.23. The van der Waals surface area contributed by atoms with Crippen LogP contribution in [-0.4, -0.2) is 16.1 Å². The lowest BCUT2D eigenvalue weighted by Crippen LogP contribution is -2.06. The Morgan fingerprint density at radius 2 is 2.12 bits per heavy atom. The molecule has 4 heteroatoms. The number of aldehydes is 1. The number of ether oxygens (including phenoxy) is 1. The Bertz CT molecular complexity index is 546. The number of aromatic nitrogens is 2. The molecule has 0 amide bonds. The van der Waals surface area contributed by atoms with Crippen molar-refractivity contribution in [3.05, 3.63) is 52.8 Å². The van der Waals surface area contributed by atoms with E-state index >= 15 is 0 Å². The fourth-order valence-electron chi connectivity index (χ4n) is 2.10. The van der Waals surface area contributed by atoms with E-state index < -0.39 is 0 Å². The third-order valence-electron chi connectivity index (χ3n) is 2.97. The molecule has 0 atom stereocenters. The second-order valence-corrected chi connectivity index (χ2v) is 4.06. The average molecular weight is 228 g/mol. The molecule has 0 saturated carbocycles. The van der Waals surface area contributed by atoms with E-state index in [0.717, 1.165) is 17.5 Å². The van der Waals surface area contributed by atoms with Crippen molar-refractivity contribution in [1.29, 1.82) is 0 Å². The maximum atomic E-state index is 10.9. The zero-order chi connectivity index (χ0) is 11.7. The van der Waals surface area contributed by atoms with Gasteiger partial charge in [0.25, 0.3) is 0 Å². The lowest BCUT2D eigenvalue weighted by molar-refractivity contribution is 0.110. The topological polar surface area (TPSA) is 44.1 Å². The summed E-state index contributed by atoms with van der Waals surface area (Å²) in [5.41, 5.74) is 3.64. The SMILES string of the molecule is O=Cc1nn(Cc2ccccc2)c2c1COC2. The van der Waals surface area contributed by atoms with Gasteiger partial charge in [-0.1, -0.05) is 30.3 Å². The molecule has 0 bridgehead atoms. The highest BCUT2D eigenvalue weighted by Gasteiger charge is 2.22. The van der Waals surface area contributed by atoms with Crippen LogP contribution in [0, 0.1) is 0 Å².